The third-order valence-corrected chi connectivity index (χ3v) is 2.19. The van der Waals surface area contributed by atoms with Gasteiger partial charge in [0.25, 0.3) is 5.70 Å². The number of ether oxygens (including phenoxy) is 2. The molecule has 0 N–H and O–H groups in total. The Labute approximate surface area is 107 Å². The van der Waals surface area contributed by atoms with Gasteiger partial charge in [-0.2, -0.15) is 0 Å². The van der Waals surface area contributed by atoms with Crippen LogP contribution in [-0.4, -0.2) is 19.7 Å². The highest BCUT2D eigenvalue weighted by atomic mass is 16.5. The van der Waals surface area contributed by atoms with Crippen LogP contribution in [0.5, 0.6) is 5.75 Å². The SMILES string of the molecule is [C-]#[N+]/C(=C\c1ccc(OC)cc1)C(=O)OCCC. The summed E-state index contributed by atoms with van der Waals surface area (Å²) >= 11 is 0. The minimum Gasteiger partial charge on any atom is -0.497 e. The van der Waals surface area contributed by atoms with Crippen LogP contribution in [0.15, 0.2) is 30.0 Å². The van der Waals surface area contributed by atoms with Crippen molar-refractivity contribution in [1.29, 1.82) is 0 Å². The summed E-state index contributed by atoms with van der Waals surface area (Å²) in [6.45, 7) is 9.21. The topological polar surface area (TPSA) is 39.9 Å². The lowest BCUT2D eigenvalue weighted by Gasteiger charge is -2.02. The highest BCUT2D eigenvalue weighted by Gasteiger charge is 2.10. The van der Waals surface area contributed by atoms with Gasteiger partial charge < -0.3 is 9.47 Å². The molecule has 0 amide bonds. The molecule has 18 heavy (non-hydrogen) atoms. The molecular weight excluding hydrogens is 230 g/mol. The molecule has 94 valence electrons. The molecular formula is C14H15NO3. The largest absolute Gasteiger partial charge is 0.497 e. The van der Waals surface area contributed by atoms with E-state index in [1.54, 1.807) is 31.4 Å². The molecule has 0 atom stereocenters. The quantitative estimate of drug-likeness (QED) is 0.455. The molecule has 0 heterocycles. The van der Waals surface area contributed by atoms with E-state index in [-0.39, 0.29) is 5.70 Å². The van der Waals surface area contributed by atoms with Crippen LogP contribution >= 0.6 is 0 Å². The highest BCUT2D eigenvalue weighted by molar-refractivity contribution is 5.95. The first kappa shape index (κ1) is 13.8. The average molecular weight is 245 g/mol. The predicted molar refractivity (Wildman–Crippen MR) is 68.8 cm³/mol. The van der Waals surface area contributed by atoms with Gasteiger partial charge in [-0.25, -0.2) is 4.85 Å². The molecule has 0 aromatic heterocycles. The number of benzene rings is 1. The van der Waals surface area contributed by atoms with E-state index < -0.39 is 5.97 Å². The van der Waals surface area contributed by atoms with Crippen LogP contribution in [0.4, 0.5) is 0 Å². The van der Waals surface area contributed by atoms with Crippen LogP contribution in [0.25, 0.3) is 10.9 Å². The lowest BCUT2D eigenvalue weighted by atomic mass is 10.2. The fourth-order valence-corrected chi connectivity index (χ4v) is 1.26. The lowest BCUT2D eigenvalue weighted by Crippen LogP contribution is -2.06. The minimum absolute atomic E-state index is 0.0198. The molecule has 0 spiro atoms. The zero-order valence-electron chi connectivity index (χ0n) is 10.5. The third kappa shape index (κ3) is 3.95. The molecule has 0 unspecified atom stereocenters. The Balaban J connectivity index is 2.83. The fourth-order valence-electron chi connectivity index (χ4n) is 1.26. The van der Waals surface area contributed by atoms with Gasteiger partial charge in [-0.15, -0.1) is 0 Å². The second-order valence-electron chi connectivity index (χ2n) is 3.55. The first-order valence-corrected chi connectivity index (χ1v) is 5.61. The molecule has 1 aromatic carbocycles. The number of esters is 1. The number of rotatable bonds is 5. The summed E-state index contributed by atoms with van der Waals surface area (Å²) in [7, 11) is 1.58. The summed E-state index contributed by atoms with van der Waals surface area (Å²) in [6.07, 6.45) is 2.24. The zero-order chi connectivity index (χ0) is 13.4. The Morgan fingerprint density at radius 3 is 2.56 bits per heavy atom. The van der Waals surface area contributed by atoms with Gasteiger partial charge in [-0.05, 0) is 30.2 Å². The standard InChI is InChI=1S/C14H15NO3/c1-4-9-18-14(16)13(15-2)10-11-5-7-12(17-3)8-6-11/h5-8,10H,4,9H2,1,3H3/b13-10-. The van der Waals surface area contributed by atoms with Gasteiger partial charge in [-0.3, -0.25) is 4.79 Å². The Bertz CT molecular complexity index is 469. The number of methoxy groups -OCH3 is 1. The number of hydrogen-bond donors (Lipinski definition) is 0. The molecule has 0 bridgehead atoms. The minimum atomic E-state index is -0.581. The third-order valence-electron chi connectivity index (χ3n) is 2.19. The van der Waals surface area contributed by atoms with Gasteiger partial charge in [0.2, 0.25) is 0 Å². The number of hydrogen-bond acceptors (Lipinski definition) is 3. The van der Waals surface area contributed by atoms with Crippen molar-refractivity contribution >= 4 is 12.0 Å². The van der Waals surface area contributed by atoms with Crippen LogP contribution < -0.4 is 4.74 Å². The van der Waals surface area contributed by atoms with E-state index in [4.69, 9.17) is 16.0 Å². The van der Waals surface area contributed by atoms with Gasteiger partial charge in [0.05, 0.1) is 20.3 Å². The molecule has 0 saturated carbocycles. The summed E-state index contributed by atoms with van der Waals surface area (Å²) in [5.74, 6) is 0.146. The van der Waals surface area contributed by atoms with Crippen LogP contribution in [0.2, 0.25) is 0 Å². The van der Waals surface area contributed by atoms with E-state index in [2.05, 4.69) is 4.85 Å². The Morgan fingerprint density at radius 1 is 1.39 bits per heavy atom. The first-order valence-electron chi connectivity index (χ1n) is 5.61. The lowest BCUT2D eigenvalue weighted by molar-refractivity contribution is -0.138. The van der Waals surface area contributed by atoms with E-state index in [0.717, 1.165) is 17.7 Å². The summed E-state index contributed by atoms with van der Waals surface area (Å²) in [5, 5.41) is 0. The van der Waals surface area contributed by atoms with Crippen molar-refractivity contribution in [2.75, 3.05) is 13.7 Å². The van der Waals surface area contributed by atoms with E-state index in [0.29, 0.717) is 6.61 Å². The summed E-state index contributed by atoms with van der Waals surface area (Å²) in [6, 6.07) is 7.09. The maximum atomic E-state index is 11.5. The van der Waals surface area contributed by atoms with E-state index in [1.165, 1.54) is 6.08 Å². The van der Waals surface area contributed by atoms with Gasteiger partial charge >= 0.3 is 5.97 Å². The van der Waals surface area contributed by atoms with Gasteiger partial charge in [-0.1, -0.05) is 19.1 Å². The Kier molecular flexibility index (Phi) is 5.46. The molecule has 0 aliphatic heterocycles. The molecule has 1 aromatic rings. The number of carbonyl (C=O) groups excluding carboxylic acids is 1. The first-order chi connectivity index (χ1) is 8.71. The van der Waals surface area contributed by atoms with E-state index in [9.17, 15) is 4.79 Å². The molecule has 0 saturated heterocycles. The van der Waals surface area contributed by atoms with E-state index in [1.807, 2.05) is 6.92 Å². The van der Waals surface area contributed by atoms with Gasteiger partial charge in [0.1, 0.15) is 5.75 Å². The molecule has 0 radical (unpaired) electrons. The van der Waals surface area contributed by atoms with Gasteiger partial charge in [0.15, 0.2) is 0 Å². The second-order valence-corrected chi connectivity index (χ2v) is 3.55. The zero-order valence-corrected chi connectivity index (χ0v) is 10.5. The van der Waals surface area contributed by atoms with Crippen LogP contribution in [0.3, 0.4) is 0 Å². The monoisotopic (exact) mass is 245 g/mol. The van der Waals surface area contributed by atoms with Crippen molar-refractivity contribution in [3.8, 4) is 5.75 Å². The summed E-state index contributed by atoms with van der Waals surface area (Å²) in [5.41, 5.74) is 0.740. The van der Waals surface area contributed by atoms with Crippen molar-refractivity contribution in [3.05, 3.63) is 46.9 Å². The predicted octanol–water partition coefficient (Wildman–Crippen LogP) is 2.91. The Morgan fingerprint density at radius 2 is 2.06 bits per heavy atom. The van der Waals surface area contributed by atoms with Crippen LogP contribution in [0.1, 0.15) is 18.9 Å². The fraction of sp³-hybridized carbons (Fsp3) is 0.286. The highest BCUT2D eigenvalue weighted by Crippen LogP contribution is 2.15. The maximum Gasteiger partial charge on any atom is 0.336 e. The summed E-state index contributed by atoms with van der Waals surface area (Å²) in [4.78, 5) is 14.7. The maximum absolute atomic E-state index is 11.5. The van der Waals surface area contributed by atoms with Crippen molar-refractivity contribution in [3.63, 3.8) is 0 Å². The van der Waals surface area contributed by atoms with Gasteiger partial charge in [0, 0.05) is 0 Å². The van der Waals surface area contributed by atoms with Crippen LogP contribution in [0, 0.1) is 6.57 Å². The van der Waals surface area contributed by atoms with Crippen molar-refractivity contribution in [2.24, 2.45) is 0 Å². The molecule has 0 fully saturated rings. The molecule has 0 aliphatic rings. The normalized spacial score (nSPS) is 10.6. The average Bonchev–Trinajstić information content (AvgIpc) is 2.42. The molecule has 1 rings (SSSR count). The van der Waals surface area contributed by atoms with Crippen LogP contribution in [-0.2, 0) is 9.53 Å². The van der Waals surface area contributed by atoms with E-state index >= 15 is 0 Å². The van der Waals surface area contributed by atoms with Crippen molar-refractivity contribution in [2.45, 2.75) is 13.3 Å². The Hall–Kier alpha value is -2.28. The van der Waals surface area contributed by atoms with Crippen molar-refractivity contribution < 1.29 is 14.3 Å². The number of carbonyl (C=O) groups is 1. The second kappa shape index (κ2) is 7.13. The smallest absolute Gasteiger partial charge is 0.336 e. The molecule has 4 nitrogen and oxygen atoms in total. The van der Waals surface area contributed by atoms with Crippen molar-refractivity contribution in [1.82, 2.24) is 0 Å². The molecule has 4 heteroatoms. The molecule has 0 aliphatic carbocycles. The summed E-state index contributed by atoms with van der Waals surface area (Å²) < 4.78 is 9.94. The number of nitrogens with zero attached hydrogens (tertiary/aromatic N) is 1.